The summed E-state index contributed by atoms with van der Waals surface area (Å²) in [5.41, 5.74) is -0.879. The van der Waals surface area contributed by atoms with Crippen LogP contribution in [-0.2, 0) is 19.1 Å². The molecule has 1 unspecified atom stereocenters. The van der Waals surface area contributed by atoms with E-state index in [9.17, 15) is 19.2 Å². The number of esters is 1. The molecule has 29 heavy (non-hydrogen) atoms. The summed E-state index contributed by atoms with van der Waals surface area (Å²) in [4.78, 5) is 51.6. The Labute approximate surface area is 170 Å². The summed E-state index contributed by atoms with van der Waals surface area (Å²) in [6.45, 7) is 9.86. The number of amides is 2. The number of rotatable bonds is 3. The van der Waals surface area contributed by atoms with Crippen LogP contribution in [-0.4, -0.2) is 47.5 Å². The average Bonchev–Trinajstić information content (AvgIpc) is 2.63. The highest BCUT2D eigenvalue weighted by molar-refractivity contribution is 6.14. The lowest BCUT2D eigenvalue weighted by Crippen LogP contribution is -2.51. The van der Waals surface area contributed by atoms with Crippen LogP contribution in [0, 0.1) is 0 Å². The van der Waals surface area contributed by atoms with Gasteiger partial charge in [0.15, 0.2) is 5.78 Å². The molecule has 0 bridgehead atoms. The Morgan fingerprint density at radius 1 is 1.03 bits per heavy atom. The smallest absolute Gasteiger partial charge is 0.408 e. The first-order chi connectivity index (χ1) is 13.3. The van der Waals surface area contributed by atoms with Crippen LogP contribution in [0.5, 0.6) is 0 Å². The lowest BCUT2D eigenvalue weighted by molar-refractivity contribution is -0.153. The Morgan fingerprint density at radius 3 is 2.21 bits per heavy atom. The largest absolute Gasteiger partial charge is 0.459 e. The number of carbonyl (C=O) groups is 4. The highest BCUT2D eigenvalue weighted by atomic mass is 16.6. The molecule has 1 heterocycles. The third-order valence-corrected chi connectivity index (χ3v) is 3.85. The molecule has 1 aliphatic rings. The predicted octanol–water partition coefficient (Wildman–Crippen LogP) is 2.84. The Kier molecular flexibility index (Phi) is 6.35. The van der Waals surface area contributed by atoms with Crippen molar-refractivity contribution in [1.82, 2.24) is 5.32 Å². The van der Waals surface area contributed by atoms with Crippen LogP contribution in [0.25, 0.3) is 0 Å². The van der Waals surface area contributed by atoms with Crippen LogP contribution in [0.4, 0.5) is 10.5 Å². The summed E-state index contributed by atoms with van der Waals surface area (Å²) < 4.78 is 10.5. The lowest BCUT2D eigenvalue weighted by Gasteiger charge is -2.27. The van der Waals surface area contributed by atoms with E-state index in [2.05, 4.69) is 5.32 Å². The number of ketones is 1. The monoisotopic (exact) mass is 404 g/mol. The molecule has 0 fully saturated rings. The molecule has 8 nitrogen and oxygen atoms in total. The van der Waals surface area contributed by atoms with Crippen LogP contribution in [0.15, 0.2) is 24.3 Å². The first-order valence-electron chi connectivity index (χ1n) is 9.42. The Morgan fingerprint density at radius 2 is 1.62 bits per heavy atom. The summed E-state index contributed by atoms with van der Waals surface area (Å²) in [7, 11) is 0. The second kappa shape index (κ2) is 8.23. The van der Waals surface area contributed by atoms with E-state index in [4.69, 9.17) is 9.47 Å². The van der Waals surface area contributed by atoms with Gasteiger partial charge in [-0.15, -0.1) is 0 Å². The molecule has 0 radical (unpaired) electrons. The molecule has 0 spiro atoms. The standard InChI is InChI=1S/C21H28N2O6/c1-20(2,3)28-17(25)12-23-15-10-8-7-9-13(15)16(24)11-14(18(23)26)22-19(27)29-21(4,5)6/h7-10,14H,11-12H2,1-6H3,(H,22,27). The van der Waals surface area contributed by atoms with Gasteiger partial charge in [-0.3, -0.25) is 19.3 Å². The molecule has 1 aromatic carbocycles. The van der Waals surface area contributed by atoms with E-state index in [1.165, 1.54) is 4.90 Å². The SMILES string of the molecule is CC(C)(C)OC(=O)CN1C(=O)C(NC(=O)OC(C)(C)C)CC(=O)c2ccccc21. The first-order valence-corrected chi connectivity index (χ1v) is 9.42. The number of nitrogens with zero attached hydrogens (tertiary/aromatic N) is 1. The van der Waals surface area contributed by atoms with Crippen molar-refractivity contribution in [3.8, 4) is 0 Å². The molecule has 2 rings (SSSR count). The zero-order chi connectivity index (χ0) is 22.0. The molecule has 158 valence electrons. The molecule has 8 heteroatoms. The second-order valence-corrected chi connectivity index (χ2v) is 8.85. The van der Waals surface area contributed by atoms with E-state index in [1.54, 1.807) is 65.8 Å². The molecule has 0 aromatic heterocycles. The van der Waals surface area contributed by atoms with E-state index in [1.807, 2.05) is 0 Å². The maximum atomic E-state index is 13.2. The number of hydrogen-bond acceptors (Lipinski definition) is 6. The van der Waals surface area contributed by atoms with Gasteiger partial charge in [0.2, 0.25) is 0 Å². The number of alkyl carbamates (subject to hydrolysis) is 1. The molecule has 1 N–H and O–H groups in total. The van der Waals surface area contributed by atoms with Gasteiger partial charge in [-0.25, -0.2) is 4.79 Å². The third kappa shape index (κ3) is 6.30. The van der Waals surface area contributed by atoms with Gasteiger partial charge >= 0.3 is 12.1 Å². The van der Waals surface area contributed by atoms with Crippen molar-refractivity contribution in [3.63, 3.8) is 0 Å². The minimum atomic E-state index is -1.16. The maximum absolute atomic E-state index is 13.2. The highest BCUT2D eigenvalue weighted by Gasteiger charge is 2.37. The summed E-state index contributed by atoms with van der Waals surface area (Å²) in [6.07, 6.45) is -1.05. The molecular weight excluding hydrogens is 376 g/mol. The quantitative estimate of drug-likeness (QED) is 0.777. The van der Waals surface area contributed by atoms with Gasteiger partial charge in [-0.2, -0.15) is 0 Å². The summed E-state index contributed by atoms with van der Waals surface area (Å²) in [6, 6.07) is 5.36. The molecule has 0 saturated carbocycles. The Bertz CT molecular complexity index is 819. The van der Waals surface area contributed by atoms with E-state index >= 15 is 0 Å². The van der Waals surface area contributed by atoms with E-state index < -0.39 is 35.2 Å². The maximum Gasteiger partial charge on any atom is 0.408 e. The fraction of sp³-hybridized carbons (Fsp3) is 0.524. The van der Waals surface area contributed by atoms with Gasteiger partial charge in [-0.05, 0) is 53.7 Å². The zero-order valence-electron chi connectivity index (χ0n) is 17.7. The summed E-state index contributed by atoms with van der Waals surface area (Å²) in [5, 5.41) is 2.46. The number of ether oxygens (including phenoxy) is 2. The molecule has 0 aliphatic carbocycles. The molecule has 0 saturated heterocycles. The number of benzene rings is 1. The van der Waals surface area contributed by atoms with Crippen LogP contribution >= 0.6 is 0 Å². The van der Waals surface area contributed by atoms with Crippen molar-refractivity contribution in [3.05, 3.63) is 29.8 Å². The van der Waals surface area contributed by atoms with Crippen molar-refractivity contribution in [1.29, 1.82) is 0 Å². The van der Waals surface area contributed by atoms with Crippen molar-refractivity contribution in [2.45, 2.75) is 65.2 Å². The minimum absolute atomic E-state index is 0.236. The number of Topliss-reactive ketones (excluding diaryl/α,β-unsaturated/α-hetero) is 1. The zero-order valence-corrected chi connectivity index (χ0v) is 17.7. The van der Waals surface area contributed by atoms with E-state index in [-0.39, 0.29) is 18.7 Å². The Balaban J connectivity index is 2.33. The average molecular weight is 404 g/mol. The molecule has 2 amide bonds. The van der Waals surface area contributed by atoms with Crippen molar-refractivity contribution in [2.75, 3.05) is 11.4 Å². The second-order valence-electron chi connectivity index (χ2n) is 8.85. The summed E-state index contributed by atoms with van der Waals surface area (Å²) >= 11 is 0. The summed E-state index contributed by atoms with van der Waals surface area (Å²) in [5.74, 6) is -1.52. The van der Waals surface area contributed by atoms with Gasteiger partial charge in [0, 0.05) is 12.0 Å². The topological polar surface area (TPSA) is 102 Å². The molecule has 1 aliphatic heterocycles. The number of anilines is 1. The molecule has 1 atom stereocenters. The van der Waals surface area contributed by atoms with Crippen molar-refractivity contribution in [2.24, 2.45) is 0 Å². The van der Waals surface area contributed by atoms with Gasteiger partial charge in [0.25, 0.3) is 5.91 Å². The molecule has 1 aromatic rings. The van der Waals surface area contributed by atoms with Crippen LogP contribution < -0.4 is 10.2 Å². The van der Waals surface area contributed by atoms with Crippen molar-refractivity contribution >= 4 is 29.4 Å². The predicted molar refractivity (Wildman–Crippen MR) is 107 cm³/mol. The van der Waals surface area contributed by atoms with Gasteiger partial charge < -0.3 is 14.8 Å². The fourth-order valence-corrected chi connectivity index (χ4v) is 2.86. The fourth-order valence-electron chi connectivity index (χ4n) is 2.86. The number of carbonyl (C=O) groups excluding carboxylic acids is 4. The van der Waals surface area contributed by atoms with Crippen LogP contribution in [0.2, 0.25) is 0 Å². The van der Waals surface area contributed by atoms with Crippen LogP contribution in [0.1, 0.15) is 58.3 Å². The lowest BCUT2D eigenvalue weighted by atomic mass is 10.0. The highest BCUT2D eigenvalue weighted by Crippen LogP contribution is 2.27. The Hall–Kier alpha value is -2.90. The minimum Gasteiger partial charge on any atom is -0.459 e. The number of hydrogen-bond donors (Lipinski definition) is 1. The normalized spacial score (nSPS) is 17.3. The number of para-hydroxylation sites is 1. The van der Waals surface area contributed by atoms with Gasteiger partial charge in [0.05, 0.1) is 5.69 Å². The van der Waals surface area contributed by atoms with E-state index in [0.29, 0.717) is 11.3 Å². The van der Waals surface area contributed by atoms with Crippen molar-refractivity contribution < 1.29 is 28.7 Å². The van der Waals surface area contributed by atoms with Gasteiger partial charge in [-0.1, -0.05) is 12.1 Å². The molecular formula is C21H28N2O6. The first kappa shape index (κ1) is 22.4. The van der Waals surface area contributed by atoms with Gasteiger partial charge in [0.1, 0.15) is 23.8 Å². The number of nitrogens with one attached hydrogen (secondary N) is 1. The van der Waals surface area contributed by atoms with Crippen LogP contribution in [0.3, 0.4) is 0 Å². The number of fused-ring (bicyclic) bond motifs is 1. The third-order valence-electron chi connectivity index (χ3n) is 3.85. The van der Waals surface area contributed by atoms with E-state index in [0.717, 1.165) is 0 Å².